The van der Waals surface area contributed by atoms with Crippen LogP contribution < -0.4 is 10.2 Å². The van der Waals surface area contributed by atoms with Crippen molar-refractivity contribution in [3.63, 3.8) is 0 Å². The first kappa shape index (κ1) is 32.2. The van der Waals surface area contributed by atoms with E-state index in [1.54, 1.807) is 30.3 Å². The van der Waals surface area contributed by atoms with E-state index >= 15 is 4.39 Å². The van der Waals surface area contributed by atoms with Gasteiger partial charge in [0, 0.05) is 36.5 Å². The van der Waals surface area contributed by atoms with Gasteiger partial charge in [-0.1, -0.05) is 18.6 Å². The second-order valence-corrected chi connectivity index (χ2v) is 15.8. The minimum Gasteiger partial charge on any atom is -0.453 e. The van der Waals surface area contributed by atoms with Crippen LogP contribution in [-0.2, 0) is 20.0 Å². The Labute approximate surface area is 266 Å². The van der Waals surface area contributed by atoms with Crippen LogP contribution in [0.1, 0.15) is 44.1 Å². The molecule has 3 aliphatic heterocycles. The van der Waals surface area contributed by atoms with E-state index in [4.69, 9.17) is 4.74 Å². The molecule has 3 heterocycles. The summed E-state index contributed by atoms with van der Waals surface area (Å²) >= 11 is 0. The Morgan fingerprint density at radius 1 is 1.00 bits per heavy atom. The third kappa shape index (κ3) is 6.72. The van der Waals surface area contributed by atoms with E-state index in [1.807, 2.05) is 11.0 Å². The number of alkyl halides is 1. The second-order valence-electron chi connectivity index (χ2n) is 13.8. The van der Waals surface area contributed by atoms with Crippen LogP contribution in [0.4, 0.5) is 19.3 Å². The Balaban J connectivity index is 1.18. The van der Waals surface area contributed by atoms with Gasteiger partial charge in [-0.15, -0.1) is 0 Å². The van der Waals surface area contributed by atoms with Gasteiger partial charge in [-0.05, 0) is 112 Å². The minimum absolute atomic E-state index is 0.0541. The number of hydrogen-bond donors (Lipinski definition) is 1. The molecule has 1 saturated carbocycles. The number of piperidine rings is 1. The average Bonchev–Trinajstić information content (AvgIpc) is 3.44. The van der Waals surface area contributed by atoms with E-state index in [9.17, 15) is 17.6 Å². The summed E-state index contributed by atoms with van der Waals surface area (Å²) in [5.74, 6) is 0.147. The van der Waals surface area contributed by atoms with Crippen LogP contribution in [0, 0.1) is 17.7 Å². The lowest BCUT2D eigenvalue weighted by atomic mass is 9.57. The summed E-state index contributed by atoms with van der Waals surface area (Å²) in [4.78, 5) is 19.3. The van der Waals surface area contributed by atoms with Gasteiger partial charge in [-0.25, -0.2) is 22.0 Å². The van der Waals surface area contributed by atoms with Crippen molar-refractivity contribution in [1.29, 1.82) is 0 Å². The molecule has 0 aromatic heterocycles. The van der Waals surface area contributed by atoms with E-state index < -0.39 is 21.6 Å². The molecule has 0 spiro atoms. The first-order chi connectivity index (χ1) is 21.5. The number of benzene rings is 2. The molecule has 3 saturated heterocycles. The van der Waals surface area contributed by atoms with Crippen molar-refractivity contribution in [3.8, 4) is 0 Å². The first-order valence-corrected chi connectivity index (χ1v) is 18.2. The molecule has 1 aliphatic carbocycles. The van der Waals surface area contributed by atoms with Gasteiger partial charge < -0.3 is 19.9 Å². The van der Waals surface area contributed by atoms with Gasteiger partial charge in [0.15, 0.2) is 15.5 Å². The topological polar surface area (TPSA) is 82.2 Å². The zero-order valence-corrected chi connectivity index (χ0v) is 27.2. The molecule has 1 N–H and O–H groups in total. The highest BCUT2D eigenvalue weighted by Crippen LogP contribution is 2.51. The zero-order chi connectivity index (χ0) is 31.8. The highest BCUT2D eigenvalue weighted by atomic mass is 32.2. The molecule has 4 aliphatic rings. The van der Waals surface area contributed by atoms with Crippen LogP contribution in [-0.4, -0.2) is 102 Å². The maximum absolute atomic E-state index is 15.9. The molecule has 0 bridgehead atoms. The van der Waals surface area contributed by atoms with Crippen molar-refractivity contribution in [2.24, 2.45) is 11.8 Å². The number of nitrogens with zero attached hydrogens (tertiary/aromatic N) is 3. The van der Waals surface area contributed by atoms with Crippen molar-refractivity contribution in [2.75, 3.05) is 70.6 Å². The summed E-state index contributed by atoms with van der Waals surface area (Å²) in [5.41, 5.74) is 0.151. The van der Waals surface area contributed by atoms with Crippen LogP contribution in [0.3, 0.4) is 0 Å². The molecule has 45 heavy (non-hydrogen) atoms. The van der Waals surface area contributed by atoms with Gasteiger partial charge in [-0.2, -0.15) is 0 Å². The monoisotopic (exact) mass is 644 g/mol. The van der Waals surface area contributed by atoms with Crippen LogP contribution in [0.5, 0.6) is 0 Å². The smallest absolute Gasteiger partial charge is 0.407 e. The Morgan fingerprint density at radius 2 is 1.71 bits per heavy atom. The van der Waals surface area contributed by atoms with Gasteiger partial charge in [-0.3, -0.25) is 4.90 Å². The molecule has 1 amide bonds. The maximum Gasteiger partial charge on any atom is 0.407 e. The molecular weight excluding hydrogens is 598 g/mol. The lowest BCUT2D eigenvalue weighted by Gasteiger charge is -2.54. The third-order valence-electron chi connectivity index (χ3n) is 10.9. The first-order valence-electron chi connectivity index (χ1n) is 16.3. The number of sulfone groups is 1. The number of rotatable bonds is 10. The summed E-state index contributed by atoms with van der Waals surface area (Å²) in [6.07, 6.45) is 6.47. The predicted molar refractivity (Wildman–Crippen MR) is 171 cm³/mol. The summed E-state index contributed by atoms with van der Waals surface area (Å²) in [7, 11) is -1.88. The standard InChI is InChI=1S/C34H46F2N4O4S/c1-44-32(41)37-31-9-4-8-30(31)34(24-38-16-5-17-38,26-6-3-7-27(35)20-26)25-14-18-39(19-15-25)21-33(36)22-40(23-33)28-10-12-29(13-11-28)45(2,42)43/h3,6-7,10-13,20,25,30-31H,4-5,8-9,14-19,21-24H2,1-2H3,(H,37,41)/t30-,31-,34?/m0/s1. The average molecular weight is 645 g/mol. The molecule has 8 nitrogen and oxygen atoms in total. The number of alkyl carbamates (subject to hydrolysis) is 1. The summed E-state index contributed by atoms with van der Waals surface area (Å²) in [5, 5.41) is 3.13. The van der Waals surface area contributed by atoms with E-state index in [1.165, 1.54) is 19.4 Å². The number of hydrogen-bond acceptors (Lipinski definition) is 7. The molecule has 1 unspecified atom stereocenters. The number of anilines is 1. The van der Waals surface area contributed by atoms with E-state index in [0.29, 0.717) is 6.54 Å². The summed E-state index contributed by atoms with van der Waals surface area (Å²) in [6.45, 7) is 5.30. The third-order valence-corrected chi connectivity index (χ3v) is 12.0. The molecule has 2 aromatic carbocycles. The van der Waals surface area contributed by atoms with Crippen molar-refractivity contribution in [1.82, 2.24) is 15.1 Å². The van der Waals surface area contributed by atoms with Crippen LogP contribution >= 0.6 is 0 Å². The predicted octanol–water partition coefficient (Wildman–Crippen LogP) is 4.64. The normalized spacial score (nSPS) is 25.6. The quantitative estimate of drug-likeness (QED) is 0.404. The van der Waals surface area contributed by atoms with Gasteiger partial charge in [0.05, 0.1) is 25.1 Å². The largest absolute Gasteiger partial charge is 0.453 e. The molecule has 2 aromatic rings. The fraction of sp³-hybridized carbons (Fsp3) is 0.618. The van der Waals surface area contributed by atoms with Gasteiger partial charge >= 0.3 is 6.09 Å². The highest BCUT2D eigenvalue weighted by Gasteiger charge is 2.53. The van der Waals surface area contributed by atoms with E-state index in [2.05, 4.69) is 21.2 Å². The summed E-state index contributed by atoms with van der Waals surface area (Å²) < 4.78 is 59.4. The molecule has 4 fully saturated rings. The molecule has 6 rings (SSSR count). The van der Waals surface area contributed by atoms with Crippen LogP contribution in [0.15, 0.2) is 53.4 Å². The fourth-order valence-corrected chi connectivity index (χ4v) is 9.20. The molecule has 246 valence electrons. The van der Waals surface area contributed by atoms with Gasteiger partial charge in [0.25, 0.3) is 0 Å². The molecule has 0 radical (unpaired) electrons. The van der Waals surface area contributed by atoms with Crippen molar-refractivity contribution in [3.05, 3.63) is 59.9 Å². The number of likely N-dealkylation sites (tertiary alicyclic amines) is 2. The van der Waals surface area contributed by atoms with Gasteiger partial charge in [0.2, 0.25) is 0 Å². The van der Waals surface area contributed by atoms with E-state index in [-0.39, 0.29) is 47.1 Å². The Bertz CT molecular complexity index is 1460. The second kappa shape index (κ2) is 12.8. The van der Waals surface area contributed by atoms with Crippen molar-refractivity contribution in [2.45, 2.75) is 60.5 Å². The lowest BCUT2D eigenvalue weighted by Crippen LogP contribution is -2.65. The number of ether oxygens (including phenoxy) is 1. The van der Waals surface area contributed by atoms with Crippen LogP contribution in [0.2, 0.25) is 0 Å². The highest BCUT2D eigenvalue weighted by molar-refractivity contribution is 7.90. The number of carbonyl (C=O) groups excluding carboxylic acids is 1. The van der Waals surface area contributed by atoms with E-state index in [0.717, 1.165) is 82.5 Å². The minimum atomic E-state index is -3.28. The SMILES string of the molecule is COC(=O)N[C@H]1CCC[C@@H]1C(CN1CCC1)(c1cccc(F)c1)C1CCN(CC2(F)CN(c3ccc(S(C)(=O)=O)cc3)C2)CC1. The van der Waals surface area contributed by atoms with Gasteiger partial charge in [0.1, 0.15) is 5.82 Å². The molecule has 11 heteroatoms. The number of amides is 1. The Hall–Kier alpha value is -2.76. The maximum atomic E-state index is 15.9. The fourth-order valence-electron chi connectivity index (χ4n) is 8.57. The number of methoxy groups -OCH3 is 1. The number of halogens is 2. The Morgan fingerprint density at radius 3 is 2.31 bits per heavy atom. The Kier molecular flexibility index (Phi) is 9.15. The number of carbonyl (C=O) groups is 1. The summed E-state index contributed by atoms with van der Waals surface area (Å²) in [6, 6.07) is 13.7. The molecule has 3 atom stereocenters. The van der Waals surface area contributed by atoms with Crippen molar-refractivity contribution >= 4 is 21.6 Å². The zero-order valence-electron chi connectivity index (χ0n) is 26.4. The lowest BCUT2D eigenvalue weighted by molar-refractivity contribution is 0.00584. The molecular formula is C34H46F2N4O4S. The van der Waals surface area contributed by atoms with Crippen LogP contribution in [0.25, 0.3) is 0 Å². The van der Waals surface area contributed by atoms with Crippen molar-refractivity contribution < 1.29 is 26.7 Å². The number of nitrogens with one attached hydrogen (secondary N) is 1.